The number of esters is 2. The molecule has 0 saturated heterocycles. The van der Waals surface area contributed by atoms with Gasteiger partial charge in [0.05, 0.1) is 26.4 Å². The highest BCUT2D eigenvalue weighted by molar-refractivity contribution is 5.75. The fraction of sp³-hybridized carbons (Fsp3) is 0.618. The van der Waals surface area contributed by atoms with Crippen molar-refractivity contribution in [3.05, 3.63) is 97.1 Å². The van der Waals surface area contributed by atoms with Crippen LogP contribution in [0.25, 0.3) is 0 Å². The van der Waals surface area contributed by atoms with Crippen LogP contribution >= 0.6 is 0 Å². The number of unbranched alkanes of at least 4 members (excludes halogenated alkanes) is 18. The molecule has 0 bridgehead atoms. The van der Waals surface area contributed by atoms with Crippen molar-refractivity contribution in [2.24, 2.45) is 0 Å². The predicted molar refractivity (Wildman–Crippen MR) is 324 cm³/mol. The molecule has 84 heavy (non-hydrogen) atoms. The van der Waals surface area contributed by atoms with Crippen molar-refractivity contribution in [1.82, 2.24) is 0 Å². The number of para-hydroxylation sites is 8. The molecule has 2 aliphatic heterocycles. The second kappa shape index (κ2) is 42.8. The highest BCUT2D eigenvalue weighted by Gasteiger charge is 2.29. The SMILES string of the molecule is CCCCCCCCCCCCC(OC1COc2ccccc2OCCOCCOc2ccccc2OC1)C(=O)OCCOC(=O)C(CCCCCCCCCCCC)OC1COc2ccccc2OCCOCCOc2ccccc2OC1. The Bertz CT molecular complexity index is 2080. The summed E-state index contributed by atoms with van der Waals surface area (Å²) in [4.78, 5) is 28.6. The van der Waals surface area contributed by atoms with Gasteiger partial charge in [0.2, 0.25) is 0 Å². The van der Waals surface area contributed by atoms with Crippen molar-refractivity contribution < 1.29 is 75.9 Å². The van der Waals surface area contributed by atoms with E-state index in [9.17, 15) is 9.59 Å². The van der Waals surface area contributed by atoms with E-state index in [2.05, 4.69) is 13.8 Å². The Morgan fingerprint density at radius 2 is 0.583 bits per heavy atom. The van der Waals surface area contributed by atoms with Gasteiger partial charge in [0.25, 0.3) is 0 Å². The van der Waals surface area contributed by atoms with Crippen LogP contribution in [0, 0.1) is 0 Å². The van der Waals surface area contributed by atoms with E-state index in [0.717, 1.165) is 51.4 Å². The van der Waals surface area contributed by atoms with Gasteiger partial charge in [-0.1, -0.05) is 191 Å². The Balaban J connectivity index is 1.14. The van der Waals surface area contributed by atoms with Crippen LogP contribution < -0.4 is 37.9 Å². The molecular formula is C68H98O16. The first-order valence-electron chi connectivity index (χ1n) is 31.7. The molecule has 2 unspecified atom stereocenters. The van der Waals surface area contributed by atoms with Crippen LogP contribution in [0.4, 0.5) is 0 Å². The monoisotopic (exact) mass is 1170 g/mol. The highest BCUT2D eigenvalue weighted by Crippen LogP contribution is 2.32. The van der Waals surface area contributed by atoms with Crippen LogP contribution in [0.15, 0.2) is 97.1 Å². The summed E-state index contributed by atoms with van der Waals surface area (Å²) in [5.41, 5.74) is 0. The lowest BCUT2D eigenvalue weighted by atomic mass is 10.0. The van der Waals surface area contributed by atoms with E-state index < -0.39 is 36.4 Å². The summed E-state index contributed by atoms with van der Waals surface area (Å²) in [6.07, 6.45) is 20.2. The lowest BCUT2D eigenvalue weighted by molar-refractivity contribution is -0.172. The van der Waals surface area contributed by atoms with Crippen molar-refractivity contribution in [2.45, 2.75) is 180 Å². The number of hydrogen-bond donors (Lipinski definition) is 0. The summed E-state index contributed by atoms with van der Waals surface area (Å²) < 4.78 is 86.5. The number of benzene rings is 4. The maximum atomic E-state index is 14.3. The van der Waals surface area contributed by atoms with Gasteiger partial charge in [-0.15, -0.1) is 0 Å². The number of fused-ring (bicyclic) bond motifs is 4. The van der Waals surface area contributed by atoms with Crippen LogP contribution in [0.5, 0.6) is 46.0 Å². The fourth-order valence-corrected chi connectivity index (χ4v) is 9.84. The molecule has 2 aliphatic rings. The van der Waals surface area contributed by atoms with Crippen LogP contribution in [-0.4, -0.2) is 129 Å². The Labute approximate surface area is 501 Å². The van der Waals surface area contributed by atoms with E-state index >= 15 is 0 Å². The zero-order valence-corrected chi connectivity index (χ0v) is 50.5. The lowest BCUT2D eigenvalue weighted by Crippen LogP contribution is -2.38. The molecule has 0 amide bonds. The molecule has 16 heteroatoms. The minimum absolute atomic E-state index is 0.0346. The Hall–Kier alpha value is -5.94. The zero-order valence-electron chi connectivity index (χ0n) is 50.5. The van der Waals surface area contributed by atoms with Crippen molar-refractivity contribution >= 4 is 11.9 Å². The molecule has 4 aromatic carbocycles. The largest absolute Gasteiger partial charge is 0.487 e. The van der Waals surface area contributed by atoms with Gasteiger partial charge in [-0.05, 0) is 61.4 Å². The Kier molecular flexibility index (Phi) is 34.2. The quantitative estimate of drug-likeness (QED) is 0.0345. The van der Waals surface area contributed by atoms with Crippen molar-refractivity contribution in [3.8, 4) is 46.0 Å². The molecule has 16 nitrogen and oxygen atoms in total. The highest BCUT2D eigenvalue weighted by atomic mass is 16.6. The molecular weight excluding hydrogens is 1070 g/mol. The lowest BCUT2D eigenvalue weighted by Gasteiger charge is -2.26. The summed E-state index contributed by atoms with van der Waals surface area (Å²) in [5, 5.41) is 0. The Morgan fingerprint density at radius 1 is 0.345 bits per heavy atom. The molecule has 466 valence electrons. The summed E-state index contributed by atoms with van der Waals surface area (Å²) >= 11 is 0. The van der Waals surface area contributed by atoms with Gasteiger partial charge in [0.15, 0.2) is 58.2 Å². The van der Waals surface area contributed by atoms with Crippen LogP contribution in [0.2, 0.25) is 0 Å². The molecule has 0 N–H and O–H groups in total. The molecule has 0 saturated carbocycles. The van der Waals surface area contributed by atoms with Gasteiger partial charge in [-0.2, -0.15) is 0 Å². The minimum Gasteiger partial charge on any atom is -0.487 e. The second-order valence-corrected chi connectivity index (χ2v) is 21.4. The molecule has 0 radical (unpaired) electrons. The molecule has 6 rings (SSSR count). The van der Waals surface area contributed by atoms with Crippen LogP contribution in [0.1, 0.15) is 155 Å². The maximum Gasteiger partial charge on any atom is 0.335 e. The smallest absolute Gasteiger partial charge is 0.335 e. The normalized spacial score (nSPS) is 15.8. The number of rotatable bonds is 31. The van der Waals surface area contributed by atoms with Gasteiger partial charge in [0.1, 0.15) is 78.3 Å². The predicted octanol–water partition coefficient (Wildman–Crippen LogP) is 14.1. The number of carbonyl (C=O) groups excluding carboxylic acids is 2. The molecule has 2 heterocycles. The number of hydrogen-bond acceptors (Lipinski definition) is 16. The van der Waals surface area contributed by atoms with Gasteiger partial charge in [-0.3, -0.25) is 0 Å². The van der Waals surface area contributed by atoms with Crippen LogP contribution in [0.3, 0.4) is 0 Å². The Morgan fingerprint density at radius 3 is 0.845 bits per heavy atom. The van der Waals surface area contributed by atoms with Gasteiger partial charge in [0, 0.05) is 0 Å². The van der Waals surface area contributed by atoms with E-state index in [1.165, 1.54) is 77.0 Å². The van der Waals surface area contributed by atoms with Crippen molar-refractivity contribution in [3.63, 3.8) is 0 Å². The van der Waals surface area contributed by atoms with Crippen molar-refractivity contribution in [1.29, 1.82) is 0 Å². The van der Waals surface area contributed by atoms with E-state index in [1.807, 2.05) is 97.1 Å². The van der Waals surface area contributed by atoms with Gasteiger partial charge < -0.3 is 66.3 Å². The van der Waals surface area contributed by atoms with Crippen molar-refractivity contribution in [2.75, 3.05) is 92.5 Å². The van der Waals surface area contributed by atoms with E-state index in [0.29, 0.717) is 112 Å². The molecule has 4 aromatic rings. The molecule has 2 atom stereocenters. The zero-order chi connectivity index (χ0) is 58.8. The molecule has 0 fully saturated rings. The maximum absolute atomic E-state index is 14.3. The van der Waals surface area contributed by atoms with Crippen LogP contribution in [-0.2, 0) is 38.0 Å². The van der Waals surface area contributed by atoms with E-state index in [1.54, 1.807) is 0 Å². The average molecular weight is 1170 g/mol. The first kappa shape index (κ1) is 67.2. The van der Waals surface area contributed by atoms with Gasteiger partial charge >= 0.3 is 11.9 Å². The first-order valence-corrected chi connectivity index (χ1v) is 31.7. The summed E-state index contributed by atoms with van der Waals surface area (Å²) in [7, 11) is 0. The molecule has 0 spiro atoms. The molecule has 0 aromatic heterocycles. The topological polar surface area (TPSA) is 163 Å². The fourth-order valence-electron chi connectivity index (χ4n) is 9.84. The molecule has 0 aliphatic carbocycles. The average Bonchev–Trinajstić information content (AvgIpc) is 3.68. The number of carbonyl (C=O) groups is 2. The summed E-state index contributed by atoms with van der Waals surface area (Å²) in [6, 6.07) is 29.7. The van der Waals surface area contributed by atoms with E-state index in [4.69, 9.17) is 66.3 Å². The minimum atomic E-state index is -0.969. The summed E-state index contributed by atoms with van der Waals surface area (Å²) in [5.74, 6) is 3.16. The second-order valence-electron chi connectivity index (χ2n) is 21.4. The number of ether oxygens (including phenoxy) is 14. The third kappa shape index (κ3) is 27.4. The van der Waals surface area contributed by atoms with Gasteiger partial charge in [-0.25, -0.2) is 9.59 Å². The first-order chi connectivity index (χ1) is 41.5. The third-order valence-corrected chi connectivity index (χ3v) is 14.5. The summed E-state index contributed by atoms with van der Waals surface area (Å²) in [6.45, 7) is 6.91. The third-order valence-electron chi connectivity index (χ3n) is 14.5. The standard InChI is InChI=1S/C68H98O16/c1-3-5-7-9-11-13-15-17-19-21-39-65(83-55-51-79-61-35-27-23-31-57(61)73-45-41-71-42-46-74-58-32-24-28-36-62(58)80-52-55)67(69)77-49-50-78-68(70)66(40-22-20-18-16-14-12-10-8-6-4-2)84-56-53-81-63-37-29-25-33-59(63)75-47-43-72-44-48-76-60-34-26-30-38-64(60)82-54-56/h23-38,55-56,65-66H,3-22,39-54H2,1-2H3. The van der Waals surface area contributed by atoms with E-state index in [-0.39, 0.29) is 39.6 Å².